The number of rotatable bonds is 6. The fourth-order valence-electron chi connectivity index (χ4n) is 17.9. The van der Waals surface area contributed by atoms with E-state index in [2.05, 4.69) is 131 Å². The van der Waals surface area contributed by atoms with Crippen LogP contribution in [0.15, 0.2) is 172 Å². The maximum Gasteiger partial charge on any atom is 0.0591 e. The number of nitrogens with zero attached hydrogens (tertiary/aromatic N) is 2. The molecule has 67 heavy (non-hydrogen) atoms. The van der Waals surface area contributed by atoms with Gasteiger partial charge in [-0.15, -0.1) is 0 Å². The van der Waals surface area contributed by atoms with Crippen LogP contribution in [0.4, 0.5) is 5.69 Å². The first-order valence-corrected chi connectivity index (χ1v) is 27.9. The number of benzene rings is 1. The van der Waals surface area contributed by atoms with E-state index in [4.69, 9.17) is 0 Å². The quantitative estimate of drug-likeness (QED) is 0.263. The van der Waals surface area contributed by atoms with Crippen LogP contribution in [0.2, 0.25) is 0 Å². The number of anilines is 1. The summed E-state index contributed by atoms with van der Waals surface area (Å²) in [6.07, 6.45) is 71.2. The van der Waals surface area contributed by atoms with Crippen LogP contribution in [0.3, 0.4) is 0 Å². The molecule has 0 bridgehead atoms. The van der Waals surface area contributed by atoms with Crippen molar-refractivity contribution in [3.05, 3.63) is 183 Å². The summed E-state index contributed by atoms with van der Waals surface area (Å²) in [6, 6.07) is 9.71. The third kappa shape index (κ3) is 6.38. The zero-order valence-electron chi connectivity index (χ0n) is 40.3. The van der Waals surface area contributed by atoms with Gasteiger partial charge >= 0.3 is 0 Å². The van der Waals surface area contributed by atoms with Crippen molar-refractivity contribution in [2.45, 2.75) is 171 Å². The molecule has 1 spiro atoms. The first-order valence-electron chi connectivity index (χ1n) is 27.9. The smallest absolute Gasteiger partial charge is 0.0591 e. The fourth-order valence-corrected chi connectivity index (χ4v) is 17.9. The van der Waals surface area contributed by atoms with Gasteiger partial charge in [0.15, 0.2) is 0 Å². The van der Waals surface area contributed by atoms with E-state index in [0.29, 0.717) is 53.6 Å². The molecular weight excluding hydrogens is 809 g/mol. The van der Waals surface area contributed by atoms with Crippen LogP contribution in [0, 0.1) is 35.5 Å². The van der Waals surface area contributed by atoms with Crippen molar-refractivity contribution < 1.29 is 0 Å². The molecule has 1 aromatic rings. The lowest BCUT2D eigenvalue weighted by molar-refractivity contribution is 0.187. The van der Waals surface area contributed by atoms with Gasteiger partial charge in [-0.2, -0.15) is 0 Å². The van der Waals surface area contributed by atoms with Crippen molar-refractivity contribution in [2.24, 2.45) is 35.5 Å². The van der Waals surface area contributed by atoms with Crippen molar-refractivity contribution in [2.75, 3.05) is 4.90 Å². The predicted molar refractivity (Wildman–Crippen MR) is 278 cm³/mol. The Balaban J connectivity index is 0.901. The van der Waals surface area contributed by atoms with Crippen LogP contribution in [0.5, 0.6) is 0 Å². The van der Waals surface area contributed by atoms with Crippen LogP contribution in [0.1, 0.15) is 158 Å². The molecule has 2 nitrogen and oxygen atoms in total. The largest absolute Gasteiger partial charge is 0.365 e. The molecule has 0 aromatic heterocycles. The molecule has 344 valence electrons. The molecule has 0 amide bonds. The topological polar surface area (TPSA) is 6.48 Å². The number of hydrogen-bond donors (Lipinski definition) is 0. The second-order valence-electron chi connectivity index (χ2n) is 23.2. The maximum absolute atomic E-state index is 3.07. The van der Waals surface area contributed by atoms with Gasteiger partial charge in [-0.1, -0.05) is 120 Å². The molecule has 0 saturated carbocycles. The molecule has 0 saturated heterocycles. The zero-order valence-corrected chi connectivity index (χ0v) is 40.3. The number of allylic oxidation sites excluding steroid dienone is 20. The third-order valence-electron chi connectivity index (χ3n) is 20.3. The van der Waals surface area contributed by atoms with Crippen LogP contribution in [-0.2, 0) is 5.41 Å². The molecule has 13 aliphatic carbocycles. The third-order valence-corrected chi connectivity index (χ3v) is 20.3. The summed E-state index contributed by atoms with van der Waals surface area (Å²) in [5.74, 6) is 4.14. The van der Waals surface area contributed by atoms with Crippen molar-refractivity contribution in [1.82, 2.24) is 4.90 Å². The van der Waals surface area contributed by atoms with Crippen molar-refractivity contribution in [3.8, 4) is 0 Å². The average molecular weight is 883 g/mol. The Bertz CT molecular complexity index is 2630. The highest BCUT2D eigenvalue weighted by Crippen LogP contribution is 2.71. The first kappa shape index (κ1) is 41.4. The highest BCUT2D eigenvalue weighted by atomic mass is 15.2. The van der Waals surface area contributed by atoms with E-state index in [1.54, 1.807) is 33.7 Å². The van der Waals surface area contributed by atoms with Gasteiger partial charge in [-0.05, 0) is 217 Å². The summed E-state index contributed by atoms with van der Waals surface area (Å²) in [6.45, 7) is 0. The molecule has 0 radical (unpaired) electrons. The Hall–Kier alpha value is -4.56. The molecule has 14 rings (SSSR count). The number of hydrogen-bond acceptors (Lipinski definition) is 2. The van der Waals surface area contributed by atoms with E-state index >= 15 is 0 Å². The molecular formula is C65H74N2. The average Bonchev–Trinajstić information content (AvgIpc) is 3.87. The van der Waals surface area contributed by atoms with Crippen LogP contribution < -0.4 is 4.90 Å². The summed E-state index contributed by atoms with van der Waals surface area (Å²) >= 11 is 0. The molecule has 13 aliphatic rings. The molecule has 2 heteroatoms. The Labute approximate surface area is 402 Å². The summed E-state index contributed by atoms with van der Waals surface area (Å²) in [5.41, 5.74) is 20.5. The van der Waals surface area contributed by atoms with Crippen LogP contribution in [0.25, 0.3) is 0 Å². The van der Waals surface area contributed by atoms with Crippen LogP contribution in [-0.4, -0.2) is 23.0 Å². The summed E-state index contributed by atoms with van der Waals surface area (Å²) < 4.78 is 0. The zero-order chi connectivity index (χ0) is 44.1. The normalized spacial score (nSPS) is 37.5. The molecule has 0 heterocycles. The monoisotopic (exact) mass is 883 g/mol. The lowest BCUT2D eigenvalue weighted by atomic mass is 9.58. The van der Waals surface area contributed by atoms with E-state index < -0.39 is 0 Å². The van der Waals surface area contributed by atoms with Gasteiger partial charge in [0.25, 0.3) is 0 Å². The minimum absolute atomic E-state index is 0.0369. The van der Waals surface area contributed by atoms with Gasteiger partial charge in [0, 0.05) is 52.3 Å². The molecule has 0 aliphatic heterocycles. The Morgan fingerprint density at radius 1 is 0.597 bits per heavy atom. The highest BCUT2D eigenvalue weighted by molar-refractivity contribution is 5.67. The molecule has 11 atom stereocenters. The second-order valence-corrected chi connectivity index (χ2v) is 23.2. The summed E-state index contributed by atoms with van der Waals surface area (Å²) in [4.78, 5) is 6.03. The standard InChI is InChI=1S/C65H74N2/c1-3-21-44(22-4-1)66(46-37-39-53-51-28-10-9-26-49(51)50-27-11-12-29-52(50)57(53)41-46)47-38-40-55-54-30-13-15-32-58(54)65(61(55)42-47)59-33-16-14-31-56(59)64-60(65)34-18-36-63(64)67(45-23-5-2-6-24-45)62-35-17-20-43-19-7-8-25-48(43)62/h1,3,5,7,12-13,15,17,19-20,23-24,29-30,32,36,38-40,42,44,46,50,52,54,57-58,60,62,64H,2,4,6,8-11,14,16,18,21-22,25-28,31,33-35,37,41H2. The summed E-state index contributed by atoms with van der Waals surface area (Å²) in [5, 5.41) is 0. The predicted octanol–water partition coefficient (Wildman–Crippen LogP) is 16.2. The lowest BCUT2D eigenvalue weighted by Gasteiger charge is -2.51. The Kier molecular flexibility index (Phi) is 10.4. The number of fused-ring (bicyclic) bond motifs is 14. The molecule has 1 aromatic carbocycles. The van der Waals surface area contributed by atoms with E-state index in [1.807, 2.05) is 22.3 Å². The lowest BCUT2D eigenvalue weighted by Crippen LogP contribution is -2.48. The van der Waals surface area contributed by atoms with E-state index in [0.717, 1.165) is 25.2 Å². The second kappa shape index (κ2) is 16.8. The molecule has 0 N–H and O–H groups in total. The van der Waals surface area contributed by atoms with Gasteiger partial charge in [0.05, 0.1) is 6.04 Å². The Morgan fingerprint density at radius 3 is 2.40 bits per heavy atom. The SMILES string of the molecule is C1=CC2c3ccc(N(C4CC=CCC4)C4CC=C5C6=C(CCCC6)C6CCC=CC6C5C4)cc3C3(C4=C(CCCC4)C4C(N(C5=CCCC=C5)C5CC=CC6=C5CCC=C6)=CCCC43)C2C=C1. The van der Waals surface area contributed by atoms with Gasteiger partial charge < -0.3 is 9.80 Å². The molecule has 0 fully saturated rings. The van der Waals surface area contributed by atoms with Gasteiger partial charge in [0.2, 0.25) is 0 Å². The minimum atomic E-state index is 0.0369. The fraction of sp³-hybridized carbons (Fsp3) is 0.508. The summed E-state index contributed by atoms with van der Waals surface area (Å²) in [7, 11) is 0. The Morgan fingerprint density at radius 2 is 1.48 bits per heavy atom. The van der Waals surface area contributed by atoms with Gasteiger partial charge in [-0.3, -0.25) is 0 Å². The van der Waals surface area contributed by atoms with E-state index in [9.17, 15) is 0 Å². The maximum atomic E-state index is 3.07. The van der Waals surface area contributed by atoms with Gasteiger partial charge in [0.1, 0.15) is 0 Å². The van der Waals surface area contributed by atoms with E-state index in [-0.39, 0.29) is 5.41 Å². The van der Waals surface area contributed by atoms with Crippen molar-refractivity contribution >= 4 is 5.69 Å². The van der Waals surface area contributed by atoms with Gasteiger partial charge in [-0.25, -0.2) is 0 Å². The van der Waals surface area contributed by atoms with Crippen molar-refractivity contribution in [1.29, 1.82) is 0 Å². The highest BCUT2D eigenvalue weighted by Gasteiger charge is 2.64. The van der Waals surface area contributed by atoms with Crippen molar-refractivity contribution in [3.63, 3.8) is 0 Å². The minimum Gasteiger partial charge on any atom is -0.365 e. The van der Waals surface area contributed by atoms with Crippen LogP contribution >= 0.6 is 0 Å². The molecule has 11 unspecified atom stereocenters. The first-order chi connectivity index (χ1) is 33.3. The van der Waals surface area contributed by atoms with E-state index in [1.165, 1.54) is 133 Å².